The van der Waals surface area contributed by atoms with E-state index in [-0.39, 0.29) is 22.8 Å². The van der Waals surface area contributed by atoms with Crippen LogP contribution in [-0.2, 0) is 6.18 Å². The summed E-state index contributed by atoms with van der Waals surface area (Å²) in [5.41, 5.74) is -0.996. The molecule has 0 saturated heterocycles. The van der Waals surface area contributed by atoms with Crippen molar-refractivity contribution in [2.24, 2.45) is 0 Å². The minimum absolute atomic E-state index is 0.0903. The molecular weight excluding hydrogens is 255 g/mol. The summed E-state index contributed by atoms with van der Waals surface area (Å²) >= 11 is 1.06. The summed E-state index contributed by atoms with van der Waals surface area (Å²) in [5.74, 6) is -0.0903. The largest absolute Gasteiger partial charge is 0.433 e. The molecular formula is C9H12F3N3OS. The fourth-order valence-corrected chi connectivity index (χ4v) is 1.79. The molecule has 0 aliphatic rings. The minimum Gasteiger partial charge on any atom is -0.395 e. The van der Waals surface area contributed by atoms with Gasteiger partial charge in [0.05, 0.1) is 6.61 Å². The van der Waals surface area contributed by atoms with E-state index in [0.29, 0.717) is 0 Å². The van der Waals surface area contributed by atoms with Gasteiger partial charge < -0.3 is 10.4 Å². The van der Waals surface area contributed by atoms with E-state index in [1.165, 1.54) is 7.05 Å². The van der Waals surface area contributed by atoms with Crippen LogP contribution in [0, 0.1) is 0 Å². The molecule has 0 fully saturated rings. The molecule has 2 N–H and O–H groups in total. The third-order valence-corrected chi connectivity index (χ3v) is 2.80. The number of hydrogen-bond donors (Lipinski definition) is 2. The molecule has 1 aromatic heterocycles. The monoisotopic (exact) mass is 267 g/mol. The number of halogens is 3. The molecule has 0 aliphatic carbocycles. The number of thioether (sulfide) groups is 1. The maximum absolute atomic E-state index is 12.5. The quantitative estimate of drug-likeness (QED) is 0.645. The number of nitrogens with zero attached hydrogens (tertiary/aromatic N) is 2. The van der Waals surface area contributed by atoms with Gasteiger partial charge in [-0.3, -0.25) is 0 Å². The molecule has 0 radical (unpaired) electrons. The second kappa shape index (κ2) is 5.54. The van der Waals surface area contributed by atoms with Crippen LogP contribution in [0.5, 0.6) is 0 Å². The number of anilines is 1. The normalized spacial score (nSPS) is 13.5. The molecule has 0 amide bonds. The molecule has 1 atom stereocenters. The first-order valence-corrected chi connectivity index (χ1v) is 5.66. The van der Waals surface area contributed by atoms with Crippen molar-refractivity contribution < 1.29 is 18.3 Å². The van der Waals surface area contributed by atoms with Crippen LogP contribution in [0.3, 0.4) is 0 Å². The van der Waals surface area contributed by atoms with Crippen molar-refractivity contribution in [1.82, 2.24) is 9.97 Å². The van der Waals surface area contributed by atoms with Crippen molar-refractivity contribution in [3.8, 4) is 0 Å². The van der Waals surface area contributed by atoms with Gasteiger partial charge in [-0.1, -0.05) is 6.92 Å². The van der Waals surface area contributed by atoms with Gasteiger partial charge in [0.15, 0.2) is 5.69 Å². The zero-order valence-electron chi connectivity index (χ0n) is 9.25. The first-order valence-electron chi connectivity index (χ1n) is 4.78. The molecule has 1 unspecified atom stereocenters. The Bertz CT molecular complexity index is 386. The first kappa shape index (κ1) is 14.0. The molecule has 8 heteroatoms. The van der Waals surface area contributed by atoms with E-state index in [1.54, 1.807) is 6.92 Å². The molecule has 0 saturated carbocycles. The number of aliphatic hydroxyl groups excluding tert-OH is 1. The lowest BCUT2D eigenvalue weighted by atomic mass is 10.4. The SMILES string of the molecule is CNc1nc(SC(C)CO)cc(C(F)(F)F)n1. The highest BCUT2D eigenvalue weighted by Crippen LogP contribution is 2.31. The van der Waals surface area contributed by atoms with Gasteiger partial charge in [-0.05, 0) is 0 Å². The first-order chi connectivity index (χ1) is 7.86. The molecule has 0 aliphatic heterocycles. The summed E-state index contributed by atoms with van der Waals surface area (Å²) in [6.07, 6.45) is -4.51. The van der Waals surface area contributed by atoms with Crippen molar-refractivity contribution in [3.05, 3.63) is 11.8 Å². The summed E-state index contributed by atoms with van der Waals surface area (Å²) in [7, 11) is 1.44. The van der Waals surface area contributed by atoms with Gasteiger partial charge in [0, 0.05) is 18.4 Å². The summed E-state index contributed by atoms with van der Waals surface area (Å²) in [5, 5.41) is 11.3. The average Bonchev–Trinajstić information content (AvgIpc) is 2.27. The second-order valence-electron chi connectivity index (χ2n) is 3.27. The highest BCUT2D eigenvalue weighted by Gasteiger charge is 2.33. The van der Waals surface area contributed by atoms with Crippen LogP contribution < -0.4 is 5.32 Å². The number of alkyl halides is 3. The smallest absolute Gasteiger partial charge is 0.395 e. The maximum Gasteiger partial charge on any atom is 0.433 e. The van der Waals surface area contributed by atoms with Gasteiger partial charge in [0.25, 0.3) is 0 Å². The summed E-state index contributed by atoms with van der Waals surface area (Å²) in [4.78, 5) is 7.22. The molecule has 1 aromatic rings. The van der Waals surface area contributed by atoms with Gasteiger partial charge in [-0.25, -0.2) is 9.97 Å². The third kappa shape index (κ3) is 4.04. The standard InChI is InChI=1S/C9H12F3N3OS/c1-5(4-16)17-7-3-6(9(10,11)12)14-8(13-2)15-7/h3,5,16H,4H2,1-2H3,(H,13,14,15). The minimum atomic E-state index is -4.51. The molecule has 1 rings (SSSR count). The van der Waals surface area contributed by atoms with Crippen LogP contribution in [0.1, 0.15) is 12.6 Å². The number of aliphatic hydroxyl groups is 1. The maximum atomic E-state index is 12.5. The average molecular weight is 267 g/mol. The zero-order valence-corrected chi connectivity index (χ0v) is 10.1. The van der Waals surface area contributed by atoms with Gasteiger partial charge >= 0.3 is 6.18 Å². The molecule has 0 bridgehead atoms. The van der Waals surface area contributed by atoms with Gasteiger partial charge in [0.2, 0.25) is 5.95 Å². The molecule has 0 spiro atoms. The van der Waals surface area contributed by atoms with E-state index in [4.69, 9.17) is 5.11 Å². The lowest BCUT2D eigenvalue weighted by Crippen LogP contribution is -2.12. The number of aromatic nitrogens is 2. The molecule has 1 heterocycles. The van der Waals surface area contributed by atoms with E-state index >= 15 is 0 Å². The Morgan fingerprint density at radius 1 is 1.47 bits per heavy atom. The highest BCUT2D eigenvalue weighted by molar-refractivity contribution is 7.99. The summed E-state index contributed by atoms with van der Waals surface area (Å²) < 4.78 is 37.6. The summed E-state index contributed by atoms with van der Waals surface area (Å²) in [6, 6.07) is 0.873. The van der Waals surface area contributed by atoms with Gasteiger partial charge in [-0.2, -0.15) is 13.2 Å². The topological polar surface area (TPSA) is 58.0 Å². The Kier molecular flexibility index (Phi) is 4.58. The number of hydrogen-bond acceptors (Lipinski definition) is 5. The van der Waals surface area contributed by atoms with E-state index in [0.717, 1.165) is 17.8 Å². The van der Waals surface area contributed by atoms with Crippen molar-refractivity contribution in [1.29, 1.82) is 0 Å². The van der Waals surface area contributed by atoms with Crippen molar-refractivity contribution in [2.45, 2.75) is 23.4 Å². The van der Waals surface area contributed by atoms with E-state index in [2.05, 4.69) is 15.3 Å². The third-order valence-electron chi connectivity index (χ3n) is 1.80. The van der Waals surface area contributed by atoms with E-state index in [1.807, 2.05) is 0 Å². The Labute approximate surface area is 101 Å². The van der Waals surface area contributed by atoms with Crippen LogP contribution >= 0.6 is 11.8 Å². The van der Waals surface area contributed by atoms with Crippen LogP contribution in [-0.4, -0.2) is 34.0 Å². The van der Waals surface area contributed by atoms with Crippen LogP contribution in [0.2, 0.25) is 0 Å². The lowest BCUT2D eigenvalue weighted by Gasteiger charge is -2.11. The zero-order chi connectivity index (χ0) is 13.1. The predicted octanol–water partition coefficient (Wildman–Crippen LogP) is 2.01. The Hall–Kier alpha value is -1.02. The van der Waals surface area contributed by atoms with E-state index in [9.17, 15) is 13.2 Å². The number of nitrogens with one attached hydrogen (secondary N) is 1. The fourth-order valence-electron chi connectivity index (χ4n) is 0.986. The van der Waals surface area contributed by atoms with Crippen molar-refractivity contribution >= 4 is 17.7 Å². The number of rotatable bonds is 4. The van der Waals surface area contributed by atoms with Crippen molar-refractivity contribution in [3.63, 3.8) is 0 Å². The molecule has 96 valence electrons. The molecule has 17 heavy (non-hydrogen) atoms. The van der Waals surface area contributed by atoms with Crippen LogP contribution in [0.4, 0.5) is 19.1 Å². The predicted molar refractivity (Wildman–Crippen MR) is 59.0 cm³/mol. The molecule has 4 nitrogen and oxygen atoms in total. The Morgan fingerprint density at radius 3 is 2.59 bits per heavy atom. The Morgan fingerprint density at radius 2 is 2.12 bits per heavy atom. The van der Waals surface area contributed by atoms with E-state index < -0.39 is 11.9 Å². The fraction of sp³-hybridized carbons (Fsp3) is 0.556. The lowest BCUT2D eigenvalue weighted by molar-refractivity contribution is -0.141. The second-order valence-corrected chi connectivity index (χ2v) is 4.73. The van der Waals surface area contributed by atoms with Gasteiger partial charge in [0.1, 0.15) is 5.03 Å². The van der Waals surface area contributed by atoms with Crippen LogP contribution in [0.25, 0.3) is 0 Å². The van der Waals surface area contributed by atoms with Gasteiger partial charge in [-0.15, -0.1) is 11.8 Å². The summed E-state index contributed by atoms with van der Waals surface area (Å²) in [6.45, 7) is 1.56. The highest BCUT2D eigenvalue weighted by atomic mass is 32.2. The van der Waals surface area contributed by atoms with Crippen LogP contribution in [0.15, 0.2) is 11.1 Å². The Balaban J connectivity index is 3.05. The molecule has 0 aromatic carbocycles. The van der Waals surface area contributed by atoms with Crippen molar-refractivity contribution in [2.75, 3.05) is 19.0 Å².